The van der Waals surface area contributed by atoms with Crippen LogP contribution in [0.25, 0.3) is 0 Å². The Morgan fingerprint density at radius 3 is 2.68 bits per heavy atom. The molecule has 0 aromatic carbocycles. The first-order valence-corrected chi connectivity index (χ1v) is 8.50. The Morgan fingerprint density at radius 1 is 1.23 bits per heavy atom. The van der Waals surface area contributed by atoms with Gasteiger partial charge in [-0.05, 0) is 50.3 Å². The SMILES string of the molecule is NCC1CCCCC1NC(=O)c1ccc(N2CCCC2)nc1. The highest BCUT2D eigenvalue weighted by Crippen LogP contribution is 2.24. The number of carbonyl (C=O) groups is 1. The van der Waals surface area contributed by atoms with Crippen molar-refractivity contribution in [1.82, 2.24) is 10.3 Å². The van der Waals surface area contributed by atoms with Gasteiger partial charge in [0.1, 0.15) is 5.82 Å². The van der Waals surface area contributed by atoms with E-state index in [1.165, 1.54) is 25.7 Å². The van der Waals surface area contributed by atoms with Gasteiger partial charge in [-0.3, -0.25) is 4.79 Å². The molecule has 1 saturated carbocycles. The Morgan fingerprint density at radius 2 is 2.00 bits per heavy atom. The number of hydrogen-bond acceptors (Lipinski definition) is 4. The fraction of sp³-hybridized carbons (Fsp3) is 0.647. The Balaban J connectivity index is 1.61. The van der Waals surface area contributed by atoms with Crippen LogP contribution in [0, 0.1) is 5.92 Å². The molecule has 120 valence electrons. The molecule has 1 aromatic heterocycles. The van der Waals surface area contributed by atoms with Crippen molar-refractivity contribution in [3.8, 4) is 0 Å². The lowest BCUT2D eigenvalue weighted by Crippen LogP contribution is -2.44. The van der Waals surface area contributed by atoms with Gasteiger partial charge in [0.05, 0.1) is 5.56 Å². The predicted molar refractivity (Wildman–Crippen MR) is 88.0 cm³/mol. The van der Waals surface area contributed by atoms with E-state index in [4.69, 9.17) is 5.73 Å². The Bertz CT molecular complexity index is 496. The summed E-state index contributed by atoms with van der Waals surface area (Å²) in [5.74, 6) is 1.37. The second kappa shape index (κ2) is 7.09. The van der Waals surface area contributed by atoms with Gasteiger partial charge in [-0.15, -0.1) is 0 Å². The lowest BCUT2D eigenvalue weighted by Gasteiger charge is -2.31. The average Bonchev–Trinajstić information content (AvgIpc) is 3.10. The molecule has 0 bridgehead atoms. The smallest absolute Gasteiger partial charge is 0.253 e. The molecule has 2 aliphatic rings. The summed E-state index contributed by atoms with van der Waals surface area (Å²) < 4.78 is 0. The number of nitrogens with zero attached hydrogens (tertiary/aromatic N) is 2. The van der Waals surface area contributed by atoms with Gasteiger partial charge in [0.2, 0.25) is 0 Å². The summed E-state index contributed by atoms with van der Waals surface area (Å²) >= 11 is 0. The van der Waals surface area contributed by atoms with Crippen molar-refractivity contribution in [2.75, 3.05) is 24.5 Å². The molecule has 5 heteroatoms. The van der Waals surface area contributed by atoms with E-state index in [0.717, 1.165) is 31.7 Å². The number of hydrogen-bond donors (Lipinski definition) is 2. The molecule has 1 amide bonds. The minimum absolute atomic E-state index is 0.0224. The summed E-state index contributed by atoms with van der Waals surface area (Å²) in [6.07, 6.45) is 8.70. The van der Waals surface area contributed by atoms with Gasteiger partial charge in [-0.1, -0.05) is 12.8 Å². The van der Waals surface area contributed by atoms with E-state index in [1.54, 1.807) is 6.20 Å². The molecule has 3 N–H and O–H groups in total. The minimum atomic E-state index is -0.0224. The number of rotatable bonds is 4. The van der Waals surface area contributed by atoms with Crippen molar-refractivity contribution in [2.24, 2.45) is 11.7 Å². The predicted octanol–water partition coefficient (Wildman–Crippen LogP) is 1.93. The van der Waals surface area contributed by atoms with Crippen molar-refractivity contribution in [3.05, 3.63) is 23.9 Å². The molecule has 1 aliphatic heterocycles. The molecule has 2 heterocycles. The molecule has 2 fully saturated rings. The standard InChI is InChI=1S/C17H26N4O/c18-11-13-5-1-2-6-15(13)20-17(22)14-7-8-16(19-12-14)21-9-3-4-10-21/h7-8,12-13,15H,1-6,9-11,18H2,(H,20,22). The fourth-order valence-electron chi connectivity index (χ4n) is 3.59. The summed E-state index contributed by atoms with van der Waals surface area (Å²) in [5.41, 5.74) is 6.47. The summed E-state index contributed by atoms with van der Waals surface area (Å²) in [7, 11) is 0. The van der Waals surface area contributed by atoms with Crippen LogP contribution in [-0.4, -0.2) is 36.6 Å². The molecule has 0 spiro atoms. The molecule has 1 aromatic rings. The summed E-state index contributed by atoms with van der Waals surface area (Å²) in [4.78, 5) is 19.1. The zero-order valence-electron chi connectivity index (χ0n) is 13.1. The van der Waals surface area contributed by atoms with Gasteiger partial charge in [0, 0.05) is 25.3 Å². The maximum absolute atomic E-state index is 12.4. The van der Waals surface area contributed by atoms with Crippen LogP contribution < -0.4 is 16.0 Å². The number of pyridine rings is 1. The van der Waals surface area contributed by atoms with Crippen LogP contribution in [0.15, 0.2) is 18.3 Å². The summed E-state index contributed by atoms with van der Waals surface area (Å²) in [5, 5.41) is 3.15. The molecule has 3 rings (SSSR count). The van der Waals surface area contributed by atoms with E-state index in [1.807, 2.05) is 12.1 Å². The third-order valence-corrected chi connectivity index (χ3v) is 4.97. The lowest BCUT2D eigenvalue weighted by molar-refractivity contribution is 0.0907. The van der Waals surface area contributed by atoms with Crippen LogP contribution in [0.1, 0.15) is 48.9 Å². The molecule has 2 atom stereocenters. The number of nitrogens with two attached hydrogens (primary N) is 1. The number of carbonyl (C=O) groups excluding carboxylic acids is 1. The largest absolute Gasteiger partial charge is 0.357 e. The first kappa shape index (κ1) is 15.3. The van der Waals surface area contributed by atoms with E-state index in [2.05, 4.69) is 15.2 Å². The summed E-state index contributed by atoms with van der Waals surface area (Å²) in [6.45, 7) is 2.79. The highest BCUT2D eigenvalue weighted by atomic mass is 16.1. The van der Waals surface area contributed by atoms with Crippen molar-refractivity contribution in [2.45, 2.75) is 44.6 Å². The highest BCUT2D eigenvalue weighted by molar-refractivity contribution is 5.94. The van der Waals surface area contributed by atoms with Crippen LogP contribution in [0.2, 0.25) is 0 Å². The Hall–Kier alpha value is -1.62. The number of amides is 1. The normalized spacial score (nSPS) is 25.2. The molecule has 2 unspecified atom stereocenters. The van der Waals surface area contributed by atoms with Gasteiger partial charge in [-0.2, -0.15) is 0 Å². The van der Waals surface area contributed by atoms with Crippen LogP contribution >= 0.6 is 0 Å². The van der Waals surface area contributed by atoms with Crippen molar-refractivity contribution < 1.29 is 4.79 Å². The number of anilines is 1. The van der Waals surface area contributed by atoms with E-state index in [0.29, 0.717) is 18.0 Å². The number of aromatic nitrogens is 1. The first-order chi connectivity index (χ1) is 10.8. The fourth-order valence-corrected chi connectivity index (χ4v) is 3.59. The van der Waals surface area contributed by atoms with Gasteiger partial charge in [0.25, 0.3) is 5.91 Å². The third kappa shape index (κ3) is 3.40. The molecule has 0 radical (unpaired) electrons. The van der Waals surface area contributed by atoms with Crippen molar-refractivity contribution in [1.29, 1.82) is 0 Å². The summed E-state index contributed by atoms with van der Waals surface area (Å²) in [6, 6.07) is 4.06. The molecule has 5 nitrogen and oxygen atoms in total. The van der Waals surface area contributed by atoms with Gasteiger partial charge < -0.3 is 16.0 Å². The van der Waals surface area contributed by atoms with Crippen molar-refractivity contribution >= 4 is 11.7 Å². The van der Waals surface area contributed by atoms with Crippen LogP contribution in [0.4, 0.5) is 5.82 Å². The maximum atomic E-state index is 12.4. The van der Waals surface area contributed by atoms with E-state index >= 15 is 0 Å². The average molecular weight is 302 g/mol. The monoisotopic (exact) mass is 302 g/mol. The second-order valence-corrected chi connectivity index (χ2v) is 6.46. The number of nitrogens with one attached hydrogen (secondary N) is 1. The van der Waals surface area contributed by atoms with Crippen molar-refractivity contribution in [3.63, 3.8) is 0 Å². The Labute approximate surface area is 132 Å². The third-order valence-electron chi connectivity index (χ3n) is 4.97. The van der Waals surface area contributed by atoms with E-state index < -0.39 is 0 Å². The second-order valence-electron chi connectivity index (χ2n) is 6.46. The van der Waals surface area contributed by atoms with E-state index in [9.17, 15) is 4.79 Å². The highest BCUT2D eigenvalue weighted by Gasteiger charge is 2.25. The lowest BCUT2D eigenvalue weighted by atomic mass is 9.84. The molecule has 1 aliphatic carbocycles. The zero-order chi connectivity index (χ0) is 15.4. The zero-order valence-corrected chi connectivity index (χ0v) is 13.1. The van der Waals surface area contributed by atoms with Gasteiger partial charge >= 0.3 is 0 Å². The minimum Gasteiger partial charge on any atom is -0.357 e. The molecule has 1 saturated heterocycles. The van der Waals surface area contributed by atoms with Crippen LogP contribution in [-0.2, 0) is 0 Å². The topological polar surface area (TPSA) is 71.2 Å². The molecular weight excluding hydrogens is 276 g/mol. The Kier molecular flexibility index (Phi) is 4.93. The maximum Gasteiger partial charge on any atom is 0.253 e. The molecule has 22 heavy (non-hydrogen) atoms. The van der Waals surface area contributed by atoms with Gasteiger partial charge in [-0.25, -0.2) is 4.98 Å². The first-order valence-electron chi connectivity index (χ1n) is 8.50. The van der Waals surface area contributed by atoms with Gasteiger partial charge in [0.15, 0.2) is 0 Å². The van der Waals surface area contributed by atoms with Crippen LogP contribution in [0.3, 0.4) is 0 Å². The molecular formula is C17H26N4O. The quantitative estimate of drug-likeness (QED) is 0.891. The van der Waals surface area contributed by atoms with Crippen LogP contribution in [0.5, 0.6) is 0 Å². The van der Waals surface area contributed by atoms with E-state index in [-0.39, 0.29) is 11.9 Å².